The second-order valence-corrected chi connectivity index (χ2v) is 6.58. The molecule has 0 saturated carbocycles. The van der Waals surface area contributed by atoms with Gasteiger partial charge >= 0.3 is 0 Å². The highest BCUT2D eigenvalue weighted by atomic mass is 79.9. The molecule has 1 aliphatic heterocycles. The maximum atomic E-state index is 12.8. The Bertz CT molecular complexity index is 830. The van der Waals surface area contributed by atoms with E-state index in [9.17, 15) is 9.90 Å². The van der Waals surface area contributed by atoms with E-state index in [0.29, 0.717) is 29.2 Å². The molecular weight excluding hydrogens is 386 g/mol. The van der Waals surface area contributed by atoms with Crippen LogP contribution in [0.2, 0.25) is 0 Å². The summed E-state index contributed by atoms with van der Waals surface area (Å²) in [6, 6.07) is 12.8. The maximum absolute atomic E-state index is 12.8. The first-order valence-corrected chi connectivity index (χ1v) is 8.51. The first-order valence-electron chi connectivity index (χ1n) is 7.71. The first-order chi connectivity index (χ1) is 12.0. The Morgan fingerprint density at radius 1 is 1.12 bits per heavy atom. The number of halogens is 1. The van der Waals surface area contributed by atoms with Crippen molar-refractivity contribution in [3.05, 3.63) is 63.8 Å². The van der Waals surface area contributed by atoms with E-state index < -0.39 is 0 Å². The average Bonchev–Trinajstić information content (AvgIpc) is 2.90. The normalized spacial score (nSPS) is 14.2. The van der Waals surface area contributed by atoms with Gasteiger partial charge in [-0.1, -0.05) is 28.1 Å². The lowest BCUT2D eigenvalue weighted by Crippen LogP contribution is -2.26. The fraction of sp³-hybridized carbons (Fsp3) is 0.211. The number of rotatable bonds is 5. The van der Waals surface area contributed by atoms with Gasteiger partial charge in [0.05, 0.1) is 32.9 Å². The molecule has 1 N–H and O–H groups in total. The van der Waals surface area contributed by atoms with E-state index in [1.807, 2.05) is 36.4 Å². The second-order valence-electron chi connectivity index (χ2n) is 5.67. The quantitative estimate of drug-likeness (QED) is 0.824. The Labute approximate surface area is 154 Å². The number of methoxy groups -OCH3 is 2. The predicted molar refractivity (Wildman–Crippen MR) is 98.7 cm³/mol. The number of carbonyl (C=O) groups excluding carboxylic acids is 1. The molecule has 130 valence electrons. The molecule has 0 unspecified atom stereocenters. The number of hydrogen-bond acceptors (Lipinski definition) is 4. The Morgan fingerprint density at radius 3 is 2.48 bits per heavy atom. The van der Waals surface area contributed by atoms with Crippen LogP contribution in [0.1, 0.15) is 11.1 Å². The van der Waals surface area contributed by atoms with Gasteiger partial charge in [-0.05, 0) is 29.8 Å². The highest BCUT2D eigenvalue weighted by Gasteiger charge is 2.31. The highest BCUT2D eigenvalue weighted by Crippen LogP contribution is 2.31. The number of amides is 1. The molecule has 6 heteroatoms. The molecule has 0 bridgehead atoms. The van der Waals surface area contributed by atoms with Crippen molar-refractivity contribution in [2.45, 2.75) is 6.54 Å². The zero-order chi connectivity index (χ0) is 18.0. The fourth-order valence-electron chi connectivity index (χ4n) is 2.84. The van der Waals surface area contributed by atoms with Gasteiger partial charge in [0.25, 0.3) is 5.91 Å². The van der Waals surface area contributed by atoms with Crippen LogP contribution in [0, 0.1) is 0 Å². The minimum Gasteiger partial charge on any atom is -0.510 e. The van der Waals surface area contributed by atoms with Gasteiger partial charge in [0.1, 0.15) is 17.3 Å². The number of nitrogens with zero attached hydrogens (tertiary/aromatic N) is 1. The van der Waals surface area contributed by atoms with Crippen molar-refractivity contribution in [1.82, 2.24) is 4.90 Å². The van der Waals surface area contributed by atoms with Crippen molar-refractivity contribution >= 4 is 27.4 Å². The molecule has 0 aromatic heterocycles. The third-order valence-corrected chi connectivity index (χ3v) is 4.65. The van der Waals surface area contributed by atoms with Crippen molar-refractivity contribution in [3.8, 4) is 11.5 Å². The van der Waals surface area contributed by atoms with Crippen LogP contribution in [0.25, 0.3) is 5.57 Å². The number of carbonyl (C=O) groups is 1. The Morgan fingerprint density at radius 2 is 1.84 bits per heavy atom. The minimum atomic E-state index is -0.197. The molecule has 0 radical (unpaired) electrons. The molecule has 1 amide bonds. The Balaban J connectivity index is 1.83. The molecule has 25 heavy (non-hydrogen) atoms. The third-order valence-electron chi connectivity index (χ3n) is 4.12. The summed E-state index contributed by atoms with van der Waals surface area (Å²) in [5.74, 6) is 1.21. The largest absolute Gasteiger partial charge is 0.510 e. The van der Waals surface area contributed by atoms with Crippen LogP contribution in [0.3, 0.4) is 0 Å². The van der Waals surface area contributed by atoms with E-state index in [1.54, 1.807) is 25.2 Å². The summed E-state index contributed by atoms with van der Waals surface area (Å²) in [5.41, 5.74) is 1.90. The minimum absolute atomic E-state index is 0.0831. The number of benzene rings is 2. The monoisotopic (exact) mass is 403 g/mol. The SMILES string of the molecule is COc1ccc(CN2CC(O)=C(c3ccc(Br)cc3)C2=O)c(OC)c1. The fourth-order valence-corrected chi connectivity index (χ4v) is 3.10. The van der Waals surface area contributed by atoms with Crippen LogP contribution in [-0.4, -0.2) is 36.7 Å². The van der Waals surface area contributed by atoms with E-state index in [-0.39, 0.29) is 18.2 Å². The van der Waals surface area contributed by atoms with Crippen molar-refractivity contribution in [3.63, 3.8) is 0 Å². The van der Waals surface area contributed by atoms with Crippen molar-refractivity contribution in [2.75, 3.05) is 20.8 Å². The smallest absolute Gasteiger partial charge is 0.258 e. The van der Waals surface area contributed by atoms with Gasteiger partial charge in [-0.2, -0.15) is 0 Å². The van der Waals surface area contributed by atoms with E-state index in [1.165, 1.54) is 0 Å². The van der Waals surface area contributed by atoms with Crippen molar-refractivity contribution in [2.24, 2.45) is 0 Å². The Hall–Kier alpha value is -2.47. The number of aliphatic hydroxyl groups excluding tert-OH is 1. The molecule has 1 aliphatic rings. The summed E-state index contributed by atoms with van der Waals surface area (Å²) in [4.78, 5) is 14.4. The molecule has 2 aromatic carbocycles. The van der Waals surface area contributed by atoms with Crippen LogP contribution in [0.4, 0.5) is 0 Å². The van der Waals surface area contributed by atoms with Crippen LogP contribution in [-0.2, 0) is 11.3 Å². The summed E-state index contributed by atoms with van der Waals surface area (Å²) < 4.78 is 11.5. The van der Waals surface area contributed by atoms with Gasteiger partial charge in [0.15, 0.2) is 0 Å². The summed E-state index contributed by atoms with van der Waals surface area (Å²) in [6.45, 7) is 0.523. The number of hydrogen-bond donors (Lipinski definition) is 1. The molecular formula is C19H18BrNO4. The summed E-state index contributed by atoms with van der Waals surface area (Å²) in [6.07, 6.45) is 0. The van der Waals surface area contributed by atoms with Gasteiger partial charge in [0.2, 0.25) is 0 Å². The lowest BCUT2D eigenvalue weighted by molar-refractivity contribution is -0.124. The zero-order valence-corrected chi connectivity index (χ0v) is 15.5. The zero-order valence-electron chi connectivity index (χ0n) is 14.0. The van der Waals surface area contributed by atoms with Gasteiger partial charge in [0, 0.05) is 16.1 Å². The molecule has 0 saturated heterocycles. The van der Waals surface area contributed by atoms with Crippen LogP contribution >= 0.6 is 15.9 Å². The molecule has 2 aromatic rings. The van der Waals surface area contributed by atoms with E-state index >= 15 is 0 Å². The van der Waals surface area contributed by atoms with E-state index in [0.717, 1.165) is 10.0 Å². The van der Waals surface area contributed by atoms with Crippen molar-refractivity contribution < 1.29 is 19.4 Å². The molecule has 0 spiro atoms. The predicted octanol–water partition coefficient (Wildman–Crippen LogP) is 3.78. The standard InChI is InChI=1S/C19H18BrNO4/c1-24-15-8-5-13(17(9-15)25-2)10-21-11-16(22)18(19(21)23)12-3-6-14(20)7-4-12/h3-9,22H,10-11H2,1-2H3. The topological polar surface area (TPSA) is 59.0 Å². The molecule has 0 aliphatic carbocycles. The summed E-state index contributed by atoms with van der Waals surface area (Å²) in [7, 11) is 3.16. The number of ether oxygens (including phenoxy) is 2. The van der Waals surface area contributed by atoms with E-state index in [4.69, 9.17) is 9.47 Å². The lowest BCUT2D eigenvalue weighted by atomic mass is 10.1. The van der Waals surface area contributed by atoms with Gasteiger partial charge in [-0.15, -0.1) is 0 Å². The summed E-state index contributed by atoms with van der Waals surface area (Å²) in [5, 5.41) is 10.3. The third kappa shape index (κ3) is 3.49. The molecule has 3 rings (SSSR count). The van der Waals surface area contributed by atoms with Crippen LogP contribution in [0.5, 0.6) is 11.5 Å². The molecule has 5 nitrogen and oxygen atoms in total. The van der Waals surface area contributed by atoms with Gasteiger partial charge < -0.3 is 19.5 Å². The Kier molecular flexibility index (Phi) is 4.99. The molecule has 1 heterocycles. The molecule has 0 atom stereocenters. The molecule has 0 fully saturated rings. The first kappa shape index (κ1) is 17.4. The lowest BCUT2D eigenvalue weighted by Gasteiger charge is -2.18. The van der Waals surface area contributed by atoms with E-state index in [2.05, 4.69) is 15.9 Å². The van der Waals surface area contributed by atoms with Gasteiger partial charge in [-0.3, -0.25) is 4.79 Å². The maximum Gasteiger partial charge on any atom is 0.258 e. The van der Waals surface area contributed by atoms with Crippen LogP contribution < -0.4 is 9.47 Å². The average molecular weight is 404 g/mol. The summed E-state index contributed by atoms with van der Waals surface area (Å²) >= 11 is 3.37. The highest BCUT2D eigenvalue weighted by molar-refractivity contribution is 9.10. The van der Waals surface area contributed by atoms with Crippen molar-refractivity contribution in [1.29, 1.82) is 0 Å². The van der Waals surface area contributed by atoms with Crippen LogP contribution in [0.15, 0.2) is 52.7 Å². The number of aliphatic hydroxyl groups is 1. The second kappa shape index (κ2) is 7.19. The van der Waals surface area contributed by atoms with Gasteiger partial charge in [-0.25, -0.2) is 0 Å².